The number of fused-ring (bicyclic) bond motifs is 1. The molecule has 0 spiro atoms. The second-order valence-corrected chi connectivity index (χ2v) is 7.77. The molecule has 1 fully saturated rings. The number of carbonyl (C=O) groups is 1. The topological polar surface area (TPSA) is 40.5 Å². The van der Waals surface area contributed by atoms with E-state index in [9.17, 15) is 9.90 Å². The number of benzene rings is 1. The van der Waals surface area contributed by atoms with Crippen LogP contribution in [0.4, 0.5) is 0 Å². The van der Waals surface area contributed by atoms with E-state index in [1.54, 1.807) is 6.92 Å². The van der Waals surface area contributed by atoms with Crippen LogP contribution in [0.25, 0.3) is 0 Å². The number of hydrogen-bond donors (Lipinski definition) is 1. The predicted octanol–water partition coefficient (Wildman–Crippen LogP) is 2.15. The number of aliphatic hydroxyl groups is 1. The van der Waals surface area contributed by atoms with Crippen molar-refractivity contribution in [3.05, 3.63) is 34.4 Å². The van der Waals surface area contributed by atoms with E-state index in [0.29, 0.717) is 5.56 Å². The molecule has 0 unspecified atom stereocenters. The Morgan fingerprint density at radius 2 is 1.70 bits per heavy atom. The van der Waals surface area contributed by atoms with E-state index in [-0.39, 0.29) is 5.91 Å². The molecule has 0 aromatic heterocycles. The Hall–Kier alpha value is -1.39. The summed E-state index contributed by atoms with van der Waals surface area (Å²) in [6.45, 7) is 5.32. The highest BCUT2D eigenvalue weighted by Gasteiger charge is 2.30. The zero-order valence-corrected chi connectivity index (χ0v) is 14.6. The fourth-order valence-corrected chi connectivity index (χ4v) is 3.72. The molecule has 126 valence electrons. The van der Waals surface area contributed by atoms with Crippen LogP contribution in [-0.4, -0.2) is 60.7 Å². The second kappa shape index (κ2) is 6.25. The van der Waals surface area contributed by atoms with Crippen molar-refractivity contribution in [1.29, 1.82) is 0 Å². The van der Waals surface area contributed by atoms with E-state index in [0.717, 1.165) is 49.1 Å². The summed E-state index contributed by atoms with van der Waals surface area (Å²) in [5.74, 6) is 0.0916. The first-order valence-corrected chi connectivity index (χ1v) is 8.82. The fraction of sp³-hybridized carbons (Fsp3) is 0.632. The Balaban J connectivity index is 1.90. The monoisotopic (exact) mass is 317 g/mol. The SMILES string of the molecule is C[C@@H](O)c1cc2c(cc1C(=O)N1CC[N+](C)(C)CC1)CCCC2. The normalized spacial score (nSPS) is 21.7. The highest BCUT2D eigenvalue weighted by molar-refractivity contribution is 5.96. The van der Waals surface area contributed by atoms with Gasteiger partial charge < -0.3 is 14.5 Å². The molecule has 4 heteroatoms. The third-order valence-corrected chi connectivity index (χ3v) is 5.43. The first-order chi connectivity index (χ1) is 10.9. The Morgan fingerprint density at radius 3 is 2.26 bits per heavy atom. The molecule has 1 saturated heterocycles. The van der Waals surface area contributed by atoms with E-state index >= 15 is 0 Å². The van der Waals surface area contributed by atoms with Crippen molar-refractivity contribution >= 4 is 5.91 Å². The van der Waals surface area contributed by atoms with Gasteiger partial charge in [0.2, 0.25) is 0 Å². The maximum absolute atomic E-state index is 13.0. The summed E-state index contributed by atoms with van der Waals surface area (Å²) in [6.07, 6.45) is 3.93. The Labute approximate surface area is 139 Å². The summed E-state index contributed by atoms with van der Waals surface area (Å²) in [5.41, 5.74) is 4.14. The molecule has 1 aliphatic heterocycles. The molecule has 1 aromatic rings. The molecule has 0 radical (unpaired) electrons. The molecule has 0 bridgehead atoms. The number of hydrogen-bond acceptors (Lipinski definition) is 2. The number of piperazine rings is 1. The lowest BCUT2D eigenvalue weighted by Crippen LogP contribution is -2.56. The highest BCUT2D eigenvalue weighted by Crippen LogP contribution is 2.29. The summed E-state index contributed by atoms with van der Waals surface area (Å²) >= 11 is 0. The van der Waals surface area contributed by atoms with Gasteiger partial charge in [0, 0.05) is 5.56 Å². The lowest BCUT2D eigenvalue weighted by atomic mass is 9.86. The molecule has 1 N–H and O–H groups in total. The molecular weight excluding hydrogens is 288 g/mol. The van der Waals surface area contributed by atoms with Gasteiger partial charge in [-0.3, -0.25) is 4.79 Å². The van der Waals surface area contributed by atoms with Gasteiger partial charge in [-0.2, -0.15) is 0 Å². The van der Waals surface area contributed by atoms with Crippen LogP contribution < -0.4 is 0 Å². The van der Waals surface area contributed by atoms with Crippen molar-refractivity contribution in [3.8, 4) is 0 Å². The number of aryl methyl sites for hydroxylation is 2. The van der Waals surface area contributed by atoms with Gasteiger partial charge in [0.05, 0.1) is 46.4 Å². The van der Waals surface area contributed by atoms with Crippen molar-refractivity contribution in [3.63, 3.8) is 0 Å². The minimum atomic E-state index is -0.599. The molecule has 4 nitrogen and oxygen atoms in total. The smallest absolute Gasteiger partial charge is 0.254 e. The lowest BCUT2D eigenvalue weighted by Gasteiger charge is -2.39. The first kappa shape index (κ1) is 16.5. The van der Waals surface area contributed by atoms with Gasteiger partial charge in [-0.05, 0) is 55.4 Å². The quantitative estimate of drug-likeness (QED) is 0.849. The number of carbonyl (C=O) groups excluding carboxylic acids is 1. The minimum absolute atomic E-state index is 0.0916. The standard InChI is InChI=1S/C19H29N2O2/c1-14(22)17-12-15-6-4-5-7-16(15)13-18(17)19(23)20-8-10-21(2,3)11-9-20/h12-14,22H,4-11H2,1-3H3/q+1/t14-/m1/s1. The van der Waals surface area contributed by atoms with Crippen LogP contribution in [0.5, 0.6) is 0 Å². The summed E-state index contributed by atoms with van der Waals surface area (Å²) in [5, 5.41) is 10.2. The van der Waals surface area contributed by atoms with Gasteiger partial charge in [0.15, 0.2) is 0 Å². The van der Waals surface area contributed by atoms with Crippen molar-refractivity contribution in [2.45, 2.75) is 38.7 Å². The second-order valence-electron chi connectivity index (χ2n) is 7.77. The third kappa shape index (κ3) is 3.43. The third-order valence-electron chi connectivity index (χ3n) is 5.43. The number of rotatable bonds is 2. The molecule has 1 atom stereocenters. The summed E-state index contributed by atoms with van der Waals surface area (Å²) in [7, 11) is 4.42. The summed E-state index contributed by atoms with van der Waals surface area (Å²) in [6, 6.07) is 4.14. The van der Waals surface area contributed by atoms with Gasteiger partial charge in [-0.25, -0.2) is 0 Å². The first-order valence-electron chi connectivity index (χ1n) is 8.82. The van der Waals surface area contributed by atoms with Crippen molar-refractivity contribution in [2.24, 2.45) is 0 Å². The summed E-state index contributed by atoms with van der Waals surface area (Å²) in [4.78, 5) is 15.0. The number of likely N-dealkylation sites (N-methyl/N-ethyl adjacent to an activating group) is 1. The molecule has 2 aliphatic rings. The van der Waals surface area contributed by atoms with E-state index in [4.69, 9.17) is 0 Å². The largest absolute Gasteiger partial charge is 0.389 e. The zero-order chi connectivity index (χ0) is 16.6. The van der Waals surface area contributed by atoms with Crippen LogP contribution in [0.15, 0.2) is 12.1 Å². The van der Waals surface area contributed by atoms with Gasteiger partial charge in [0.1, 0.15) is 0 Å². The molecule has 0 saturated carbocycles. The van der Waals surface area contributed by atoms with E-state index < -0.39 is 6.10 Å². The zero-order valence-electron chi connectivity index (χ0n) is 14.6. The maximum atomic E-state index is 13.0. The highest BCUT2D eigenvalue weighted by atomic mass is 16.3. The van der Waals surface area contributed by atoms with Crippen molar-refractivity contribution in [2.75, 3.05) is 40.3 Å². The number of amides is 1. The minimum Gasteiger partial charge on any atom is -0.389 e. The fourth-order valence-electron chi connectivity index (χ4n) is 3.72. The van der Waals surface area contributed by atoms with Crippen molar-refractivity contribution < 1.29 is 14.4 Å². The molecule has 1 amide bonds. The molecular formula is C19H29N2O2+. The predicted molar refractivity (Wildman–Crippen MR) is 91.5 cm³/mol. The van der Waals surface area contributed by atoms with Crippen LogP contribution in [0.1, 0.15) is 52.9 Å². The lowest BCUT2D eigenvalue weighted by molar-refractivity contribution is -0.894. The van der Waals surface area contributed by atoms with Crippen LogP contribution in [0.2, 0.25) is 0 Å². The van der Waals surface area contributed by atoms with Crippen LogP contribution in [0, 0.1) is 0 Å². The van der Waals surface area contributed by atoms with Crippen LogP contribution >= 0.6 is 0 Å². The summed E-state index contributed by atoms with van der Waals surface area (Å²) < 4.78 is 0.969. The number of nitrogens with zero attached hydrogens (tertiary/aromatic N) is 2. The van der Waals surface area contributed by atoms with Crippen LogP contribution in [-0.2, 0) is 12.8 Å². The average Bonchev–Trinajstić information content (AvgIpc) is 2.53. The number of aliphatic hydroxyl groups excluding tert-OH is 1. The Bertz CT molecular complexity index is 598. The maximum Gasteiger partial charge on any atom is 0.254 e. The Morgan fingerprint density at radius 1 is 1.13 bits per heavy atom. The van der Waals surface area contributed by atoms with Crippen molar-refractivity contribution in [1.82, 2.24) is 4.90 Å². The number of quaternary nitrogens is 1. The Kier molecular flexibility index (Phi) is 4.47. The average molecular weight is 317 g/mol. The van der Waals surface area contributed by atoms with E-state index in [1.807, 2.05) is 4.90 Å². The molecule has 1 aliphatic carbocycles. The van der Waals surface area contributed by atoms with Gasteiger partial charge in [-0.15, -0.1) is 0 Å². The molecule has 1 heterocycles. The van der Waals surface area contributed by atoms with Crippen LogP contribution in [0.3, 0.4) is 0 Å². The van der Waals surface area contributed by atoms with E-state index in [2.05, 4.69) is 26.2 Å². The van der Waals surface area contributed by atoms with Gasteiger partial charge in [-0.1, -0.05) is 6.07 Å². The molecule has 23 heavy (non-hydrogen) atoms. The van der Waals surface area contributed by atoms with E-state index in [1.165, 1.54) is 24.0 Å². The molecule has 3 rings (SSSR count). The molecule has 1 aromatic carbocycles. The van der Waals surface area contributed by atoms with Gasteiger partial charge >= 0.3 is 0 Å². The van der Waals surface area contributed by atoms with Gasteiger partial charge in [0.25, 0.3) is 5.91 Å².